The fourth-order valence-corrected chi connectivity index (χ4v) is 3.05. The second-order valence-corrected chi connectivity index (χ2v) is 6.30. The van der Waals surface area contributed by atoms with Crippen LogP contribution in [0.3, 0.4) is 0 Å². The van der Waals surface area contributed by atoms with E-state index in [-0.39, 0.29) is 18.6 Å². The molecule has 0 saturated carbocycles. The molecule has 0 spiro atoms. The molecule has 0 fully saturated rings. The van der Waals surface area contributed by atoms with E-state index < -0.39 is 0 Å². The summed E-state index contributed by atoms with van der Waals surface area (Å²) in [4.78, 5) is 26.0. The van der Waals surface area contributed by atoms with Gasteiger partial charge in [0.25, 0.3) is 5.91 Å². The van der Waals surface area contributed by atoms with Crippen molar-refractivity contribution in [2.24, 2.45) is 0 Å². The first-order chi connectivity index (χ1) is 12.6. The number of nitrogens with zero attached hydrogens (tertiary/aromatic N) is 1. The van der Waals surface area contributed by atoms with Gasteiger partial charge in [-0.15, -0.1) is 0 Å². The molecule has 0 heterocycles. The lowest BCUT2D eigenvalue weighted by atomic mass is 10.0. The molecule has 1 amide bonds. The van der Waals surface area contributed by atoms with Gasteiger partial charge in [-0.25, -0.2) is 0 Å². The van der Waals surface area contributed by atoms with Gasteiger partial charge in [0.1, 0.15) is 5.75 Å². The normalized spacial score (nSPS) is 10.7. The highest BCUT2D eigenvalue weighted by Crippen LogP contribution is 2.27. The van der Waals surface area contributed by atoms with Crippen LogP contribution in [0.2, 0.25) is 0 Å². The third-order valence-electron chi connectivity index (χ3n) is 4.22. The van der Waals surface area contributed by atoms with Crippen LogP contribution in [0.4, 0.5) is 5.69 Å². The molecular weight excluding hydrogens is 326 g/mol. The zero-order valence-electron chi connectivity index (χ0n) is 14.9. The maximum absolute atomic E-state index is 12.7. The van der Waals surface area contributed by atoms with Crippen LogP contribution >= 0.6 is 0 Å². The van der Waals surface area contributed by atoms with E-state index in [1.54, 1.807) is 11.0 Å². The van der Waals surface area contributed by atoms with Crippen molar-refractivity contribution in [3.63, 3.8) is 0 Å². The summed E-state index contributed by atoms with van der Waals surface area (Å²) in [6, 6.07) is 20.7. The van der Waals surface area contributed by atoms with Gasteiger partial charge in [0, 0.05) is 11.7 Å². The first kappa shape index (κ1) is 17.7. The summed E-state index contributed by atoms with van der Waals surface area (Å²) in [5.74, 6) is 0.264. The summed E-state index contributed by atoms with van der Waals surface area (Å²) < 4.78 is 5.73. The molecule has 132 valence electrons. The highest BCUT2D eigenvalue weighted by atomic mass is 16.5. The predicted octanol–water partition coefficient (Wildman–Crippen LogP) is 4.47. The molecule has 4 heteroatoms. The van der Waals surface area contributed by atoms with Crippen LogP contribution in [0.15, 0.2) is 66.7 Å². The molecule has 0 saturated heterocycles. The van der Waals surface area contributed by atoms with Gasteiger partial charge in [-0.2, -0.15) is 0 Å². The van der Waals surface area contributed by atoms with Crippen LogP contribution < -0.4 is 9.64 Å². The van der Waals surface area contributed by atoms with Gasteiger partial charge in [0.15, 0.2) is 12.9 Å². The van der Waals surface area contributed by atoms with Gasteiger partial charge in [-0.3, -0.25) is 9.59 Å². The Kier molecular flexibility index (Phi) is 5.32. The fourth-order valence-electron chi connectivity index (χ4n) is 3.05. The van der Waals surface area contributed by atoms with Crippen molar-refractivity contribution in [2.45, 2.75) is 19.9 Å². The first-order valence-electron chi connectivity index (χ1n) is 8.58. The molecule has 3 rings (SSSR count). The van der Waals surface area contributed by atoms with Crippen molar-refractivity contribution in [3.05, 3.63) is 72.3 Å². The minimum Gasteiger partial charge on any atom is -0.483 e. The third kappa shape index (κ3) is 3.59. The van der Waals surface area contributed by atoms with Crippen LogP contribution in [0, 0.1) is 0 Å². The molecule has 0 aliphatic rings. The van der Waals surface area contributed by atoms with E-state index in [4.69, 9.17) is 4.74 Å². The van der Waals surface area contributed by atoms with Crippen molar-refractivity contribution in [2.75, 3.05) is 11.5 Å². The number of para-hydroxylation sites is 1. The molecule has 0 radical (unpaired) electrons. The number of rotatable bonds is 6. The predicted molar refractivity (Wildman–Crippen MR) is 104 cm³/mol. The molecule has 0 aromatic heterocycles. The Morgan fingerprint density at radius 3 is 2.38 bits per heavy atom. The van der Waals surface area contributed by atoms with Gasteiger partial charge in [0.05, 0.1) is 5.56 Å². The van der Waals surface area contributed by atoms with Crippen molar-refractivity contribution in [1.29, 1.82) is 0 Å². The maximum Gasteiger partial charge on any atom is 0.265 e. The molecule has 0 bridgehead atoms. The van der Waals surface area contributed by atoms with Crippen molar-refractivity contribution < 1.29 is 14.3 Å². The van der Waals surface area contributed by atoms with Crippen LogP contribution in [0.1, 0.15) is 24.2 Å². The van der Waals surface area contributed by atoms with E-state index in [2.05, 4.69) is 0 Å². The minimum atomic E-state index is -0.156. The second-order valence-electron chi connectivity index (χ2n) is 6.30. The second kappa shape index (κ2) is 7.83. The molecule has 0 aliphatic heterocycles. The monoisotopic (exact) mass is 347 g/mol. The number of fused-ring (bicyclic) bond motifs is 1. The average Bonchev–Trinajstić information content (AvgIpc) is 2.66. The molecule has 3 aromatic carbocycles. The number of benzene rings is 3. The number of ether oxygens (including phenoxy) is 1. The Balaban J connectivity index is 1.83. The van der Waals surface area contributed by atoms with Crippen LogP contribution in [-0.2, 0) is 4.79 Å². The number of amides is 1. The average molecular weight is 347 g/mol. The summed E-state index contributed by atoms with van der Waals surface area (Å²) in [5.41, 5.74) is 1.29. The Morgan fingerprint density at radius 1 is 1.00 bits per heavy atom. The molecular formula is C22H21NO3. The van der Waals surface area contributed by atoms with E-state index in [0.29, 0.717) is 11.3 Å². The maximum atomic E-state index is 12.7. The number of carbonyl (C=O) groups excluding carboxylic acids is 2. The zero-order valence-corrected chi connectivity index (χ0v) is 14.9. The number of aldehydes is 1. The van der Waals surface area contributed by atoms with E-state index in [1.165, 1.54) is 0 Å². The standard InChI is InChI=1S/C22H21NO3/c1-16(2)23(18-9-4-3-5-10-18)22(25)15-26-21-13-12-17-8-6-7-11-19(17)20(21)14-24/h3-14,16H,15H2,1-2H3. The van der Waals surface area contributed by atoms with E-state index >= 15 is 0 Å². The quantitative estimate of drug-likeness (QED) is 0.618. The van der Waals surface area contributed by atoms with E-state index in [9.17, 15) is 9.59 Å². The van der Waals surface area contributed by atoms with Gasteiger partial charge in [-0.1, -0.05) is 48.5 Å². The van der Waals surface area contributed by atoms with Crippen molar-refractivity contribution in [3.8, 4) is 5.75 Å². The van der Waals surface area contributed by atoms with Gasteiger partial charge in [0.2, 0.25) is 0 Å². The smallest absolute Gasteiger partial charge is 0.265 e. The molecule has 26 heavy (non-hydrogen) atoms. The molecule has 3 aromatic rings. The molecule has 0 unspecified atom stereocenters. The number of hydrogen-bond donors (Lipinski definition) is 0. The molecule has 0 aliphatic carbocycles. The summed E-state index contributed by atoms with van der Waals surface area (Å²) >= 11 is 0. The lowest BCUT2D eigenvalue weighted by Crippen LogP contribution is -2.40. The van der Waals surface area contributed by atoms with Gasteiger partial charge in [-0.05, 0) is 42.8 Å². The molecule has 4 nitrogen and oxygen atoms in total. The summed E-state index contributed by atoms with van der Waals surface area (Å²) in [5, 5.41) is 1.78. The Morgan fingerprint density at radius 2 is 1.69 bits per heavy atom. The summed E-state index contributed by atoms with van der Waals surface area (Å²) in [7, 11) is 0. The van der Waals surface area contributed by atoms with E-state index in [0.717, 1.165) is 22.7 Å². The zero-order chi connectivity index (χ0) is 18.5. The van der Waals surface area contributed by atoms with Crippen LogP contribution in [-0.4, -0.2) is 24.8 Å². The van der Waals surface area contributed by atoms with Crippen molar-refractivity contribution in [1.82, 2.24) is 0 Å². The Hall–Kier alpha value is -3.14. The summed E-state index contributed by atoms with van der Waals surface area (Å²) in [6.07, 6.45) is 0.777. The Bertz CT molecular complexity index is 919. The van der Waals surface area contributed by atoms with Gasteiger partial charge < -0.3 is 9.64 Å². The van der Waals surface area contributed by atoms with Crippen LogP contribution in [0.25, 0.3) is 10.8 Å². The molecule has 0 atom stereocenters. The molecule has 0 N–H and O–H groups in total. The highest BCUT2D eigenvalue weighted by Gasteiger charge is 2.20. The van der Waals surface area contributed by atoms with Crippen molar-refractivity contribution >= 4 is 28.7 Å². The van der Waals surface area contributed by atoms with Gasteiger partial charge >= 0.3 is 0 Å². The van der Waals surface area contributed by atoms with E-state index in [1.807, 2.05) is 74.5 Å². The highest BCUT2D eigenvalue weighted by molar-refractivity contribution is 6.01. The first-order valence-corrected chi connectivity index (χ1v) is 8.58. The van der Waals surface area contributed by atoms with Crippen LogP contribution in [0.5, 0.6) is 5.75 Å². The lowest BCUT2D eigenvalue weighted by Gasteiger charge is -2.27. The largest absolute Gasteiger partial charge is 0.483 e. The number of hydrogen-bond acceptors (Lipinski definition) is 3. The fraction of sp³-hybridized carbons (Fsp3) is 0.182. The SMILES string of the molecule is CC(C)N(C(=O)COc1ccc2ccccc2c1C=O)c1ccccc1. The third-order valence-corrected chi connectivity index (χ3v) is 4.22. The number of carbonyl (C=O) groups is 2. The lowest BCUT2D eigenvalue weighted by molar-refractivity contribution is -0.120. The summed E-state index contributed by atoms with van der Waals surface area (Å²) in [6.45, 7) is 3.78. The topological polar surface area (TPSA) is 46.6 Å². The Labute approximate surface area is 153 Å². The minimum absolute atomic E-state index is 0.00403. The number of anilines is 1.